The Morgan fingerprint density at radius 3 is 2.80 bits per heavy atom. The number of aromatic nitrogens is 6. The number of nitrogen functional groups attached to an aromatic ring is 1. The number of hydrogen-bond acceptors (Lipinski definition) is 6. The molecule has 0 atom stereocenters. The largest absolute Gasteiger partial charge is 0.289 e. The number of carbonyl (C=O) groups is 1. The van der Waals surface area contributed by atoms with E-state index in [1.807, 2.05) is 24.0 Å². The SMILES string of the molecule is CCc1nc(CC)n(CCn2cc(C(=O)NN)nn2)n1. The molecule has 0 saturated heterocycles. The average molecular weight is 278 g/mol. The van der Waals surface area contributed by atoms with Gasteiger partial charge in [0.05, 0.1) is 19.3 Å². The van der Waals surface area contributed by atoms with Gasteiger partial charge >= 0.3 is 0 Å². The molecule has 108 valence electrons. The highest BCUT2D eigenvalue weighted by Crippen LogP contribution is 2.02. The lowest BCUT2D eigenvalue weighted by Gasteiger charge is -2.03. The molecule has 20 heavy (non-hydrogen) atoms. The Balaban J connectivity index is 2.03. The van der Waals surface area contributed by atoms with Crippen LogP contribution in [0.1, 0.15) is 36.0 Å². The maximum absolute atomic E-state index is 11.3. The first-order valence-corrected chi connectivity index (χ1v) is 6.51. The molecule has 0 saturated carbocycles. The molecule has 0 fully saturated rings. The third-order valence-corrected chi connectivity index (χ3v) is 2.87. The van der Waals surface area contributed by atoms with Gasteiger partial charge in [-0.25, -0.2) is 20.2 Å². The van der Waals surface area contributed by atoms with E-state index in [-0.39, 0.29) is 5.69 Å². The van der Waals surface area contributed by atoms with Gasteiger partial charge in [-0.1, -0.05) is 19.1 Å². The number of aryl methyl sites for hydroxylation is 4. The summed E-state index contributed by atoms with van der Waals surface area (Å²) in [6.07, 6.45) is 3.18. The van der Waals surface area contributed by atoms with Gasteiger partial charge in [0.2, 0.25) is 0 Å². The number of hydrogen-bond donors (Lipinski definition) is 2. The normalized spacial score (nSPS) is 10.8. The van der Waals surface area contributed by atoms with Crippen molar-refractivity contribution in [1.82, 2.24) is 35.2 Å². The highest BCUT2D eigenvalue weighted by Gasteiger charge is 2.10. The highest BCUT2D eigenvalue weighted by atomic mass is 16.2. The average Bonchev–Trinajstić information content (AvgIpc) is 3.10. The minimum absolute atomic E-state index is 0.191. The van der Waals surface area contributed by atoms with Gasteiger partial charge in [0.1, 0.15) is 5.82 Å². The molecule has 0 bridgehead atoms. The fraction of sp³-hybridized carbons (Fsp3) is 0.545. The fourth-order valence-corrected chi connectivity index (χ4v) is 1.80. The Labute approximate surface area is 116 Å². The van der Waals surface area contributed by atoms with E-state index < -0.39 is 5.91 Å². The van der Waals surface area contributed by atoms with Crippen LogP contribution in [-0.2, 0) is 25.9 Å². The van der Waals surface area contributed by atoms with Crippen LogP contribution >= 0.6 is 0 Å². The summed E-state index contributed by atoms with van der Waals surface area (Å²) in [4.78, 5) is 15.7. The molecule has 0 radical (unpaired) electrons. The van der Waals surface area contributed by atoms with Crippen LogP contribution in [0.25, 0.3) is 0 Å². The summed E-state index contributed by atoms with van der Waals surface area (Å²) >= 11 is 0. The second-order valence-corrected chi connectivity index (χ2v) is 4.21. The van der Waals surface area contributed by atoms with Gasteiger partial charge in [0, 0.05) is 12.8 Å². The number of nitrogens with one attached hydrogen (secondary N) is 1. The topological polar surface area (TPSA) is 117 Å². The van der Waals surface area contributed by atoms with E-state index in [4.69, 9.17) is 5.84 Å². The maximum Gasteiger partial charge on any atom is 0.287 e. The van der Waals surface area contributed by atoms with Crippen molar-refractivity contribution in [3.05, 3.63) is 23.5 Å². The molecular formula is C11H18N8O. The van der Waals surface area contributed by atoms with Gasteiger partial charge in [-0.15, -0.1) is 5.10 Å². The molecule has 0 unspecified atom stereocenters. The molecule has 0 aliphatic heterocycles. The van der Waals surface area contributed by atoms with Crippen molar-refractivity contribution in [2.75, 3.05) is 0 Å². The molecule has 0 aliphatic carbocycles. The third-order valence-electron chi connectivity index (χ3n) is 2.87. The molecule has 3 N–H and O–H groups in total. The second kappa shape index (κ2) is 6.24. The number of hydrazine groups is 1. The quantitative estimate of drug-likeness (QED) is 0.410. The van der Waals surface area contributed by atoms with Crippen LogP contribution in [0.4, 0.5) is 0 Å². The van der Waals surface area contributed by atoms with E-state index in [1.54, 1.807) is 10.9 Å². The summed E-state index contributed by atoms with van der Waals surface area (Å²) in [7, 11) is 0. The van der Waals surface area contributed by atoms with Crippen molar-refractivity contribution < 1.29 is 4.79 Å². The second-order valence-electron chi connectivity index (χ2n) is 4.21. The molecule has 2 rings (SSSR count). The fourth-order valence-electron chi connectivity index (χ4n) is 1.80. The molecule has 0 aliphatic rings. The van der Waals surface area contributed by atoms with E-state index in [1.165, 1.54) is 0 Å². The zero-order chi connectivity index (χ0) is 14.5. The summed E-state index contributed by atoms with van der Waals surface area (Å²) in [6, 6.07) is 0. The van der Waals surface area contributed by atoms with E-state index in [2.05, 4.69) is 20.4 Å². The van der Waals surface area contributed by atoms with E-state index in [9.17, 15) is 4.79 Å². The van der Waals surface area contributed by atoms with E-state index >= 15 is 0 Å². The summed E-state index contributed by atoms with van der Waals surface area (Å²) in [5, 5.41) is 12.0. The van der Waals surface area contributed by atoms with Crippen molar-refractivity contribution in [3.8, 4) is 0 Å². The molecule has 2 aromatic rings. The summed E-state index contributed by atoms with van der Waals surface area (Å²) in [6.45, 7) is 5.25. The highest BCUT2D eigenvalue weighted by molar-refractivity contribution is 5.91. The lowest BCUT2D eigenvalue weighted by molar-refractivity contribution is 0.0948. The lowest BCUT2D eigenvalue weighted by atomic mass is 10.4. The molecule has 9 heteroatoms. The summed E-state index contributed by atoms with van der Waals surface area (Å²) in [5.41, 5.74) is 2.21. The van der Waals surface area contributed by atoms with Crippen molar-refractivity contribution in [2.45, 2.75) is 39.8 Å². The van der Waals surface area contributed by atoms with Crippen LogP contribution in [0.15, 0.2) is 6.20 Å². The molecule has 2 aromatic heterocycles. The van der Waals surface area contributed by atoms with Crippen LogP contribution in [0.3, 0.4) is 0 Å². The molecule has 2 heterocycles. The monoisotopic (exact) mass is 278 g/mol. The Morgan fingerprint density at radius 1 is 1.35 bits per heavy atom. The number of nitrogens with two attached hydrogens (primary N) is 1. The number of carbonyl (C=O) groups excluding carboxylic acids is 1. The van der Waals surface area contributed by atoms with Crippen molar-refractivity contribution in [2.24, 2.45) is 5.84 Å². The van der Waals surface area contributed by atoms with Crippen LogP contribution in [0, 0.1) is 0 Å². The van der Waals surface area contributed by atoms with Crippen LogP contribution in [0.5, 0.6) is 0 Å². The number of nitrogens with zero attached hydrogens (tertiary/aromatic N) is 6. The van der Waals surface area contributed by atoms with Crippen molar-refractivity contribution in [3.63, 3.8) is 0 Å². The van der Waals surface area contributed by atoms with Gasteiger partial charge in [0.25, 0.3) is 5.91 Å². The zero-order valence-corrected chi connectivity index (χ0v) is 11.6. The van der Waals surface area contributed by atoms with Crippen LogP contribution in [-0.4, -0.2) is 35.7 Å². The van der Waals surface area contributed by atoms with Crippen LogP contribution in [0.2, 0.25) is 0 Å². The molecule has 0 spiro atoms. The molecule has 9 nitrogen and oxygen atoms in total. The standard InChI is InChI=1S/C11H18N8O/c1-3-9-13-10(4-2)19(16-9)6-5-18-7-8(15-17-18)11(20)14-12/h7H,3-6,12H2,1-2H3,(H,14,20). The molecule has 1 amide bonds. The zero-order valence-electron chi connectivity index (χ0n) is 11.6. The van der Waals surface area contributed by atoms with E-state index in [0.717, 1.165) is 24.5 Å². The predicted molar refractivity (Wildman–Crippen MR) is 70.5 cm³/mol. The molecule has 0 aromatic carbocycles. The maximum atomic E-state index is 11.3. The number of amides is 1. The first-order valence-electron chi connectivity index (χ1n) is 6.51. The first-order chi connectivity index (χ1) is 9.67. The smallest absolute Gasteiger partial charge is 0.287 e. The Kier molecular flexibility index (Phi) is 4.41. The Morgan fingerprint density at radius 2 is 2.15 bits per heavy atom. The summed E-state index contributed by atoms with van der Waals surface area (Å²) < 4.78 is 3.44. The number of rotatable bonds is 6. The van der Waals surface area contributed by atoms with Gasteiger partial charge < -0.3 is 0 Å². The minimum Gasteiger partial charge on any atom is -0.289 e. The predicted octanol–water partition coefficient (Wildman–Crippen LogP) is -0.702. The van der Waals surface area contributed by atoms with E-state index in [0.29, 0.717) is 13.1 Å². The third kappa shape index (κ3) is 2.99. The van der Waals surface area contributed by atoms with Gasteiger partial charge in [-0.05, 0) is 0 Å². The van der Waals surface area contributed by atoms with Crippen molar-refractivity contribution in [1.29, 1.82) is 0 Å². The van der Waals surface area contributed by atoms with Gasteiger partial charge in [-0.2, -0.15) is 5.10 Å². The van der Waals surface area contributed by atoms with Crippen LogP contribution < -0.4 is 11.3 Å². The summed E-state index contributed by atoms with van der Waals surface area (Å²) in [5.74, 6) is 6.36. The molecular weight excluding hydrogens is 260 g/mol. The van der Waals surface area contributed by atoms with Crippen molar-refractivity contribution >= 4 is 5.91 Å². The van der Waals surface area contributed by atoms with Gasteiger partial charge in [-0.3, -0.25) is 10.2 Å². The lowest BCUT2D eigenvalue weighted by Crippen LogP contribution is -2.30. The Hall–Kier alpha value is -2.29. The van der Waals surface area contributed by atoms with Gasteiger partial charge in [0.15, 0.2) is 11.5 Å². The Bertz CT molecular complexity index is 587. The minimum atomic E-state index is -0.459. The first kappa shape index (κ1) is 14.1.